The summed E-state index contributed by atoms with van der Waals surface area (Å²) in [7, 11) is 0. The van der Waals surface area contributed by atoms with Gasteiger partial charge in [-0.05, 0) is 29.2 Å². The molecule has 138 valence electrons. The maximum absolute atomic E-state index is 13.1. The molecule has 1 aromatic heterocycles. The molecule has 27 heavy (non-hydrogen) atoms. The van der Waals surface area contributed by atoms with Crippen molar-refractivity contribution in [2.75, 3.05) is 6.54 Å². The standard InChI is InChI=1S/C22H23N3O2/c1-14(2)13-25-20(17-8-3-4-9-18(17)22(25)27)21(26)24-12-15-11-23-19-10-6-5-7-16(15)19/h3-11,14,20,23H,12-13H2,1-2H3,(H,24,26). The number of rotatable bonds is 5. The number of aromatic amines is 1. The van der Waals surface area contributed by atoms with Crippen LogP contribution in [-0.2, 0) is 11.3 Å². The lowest BCUT2D eigenvalue weighted by Gasteiger charge is -2.26. The molecule has 5 heteroatoms. The summed E-state index contributed by atoms with van der Waals surface area (Å²) in [6.45, 7) is 5.08. The van der Waals surface area contributed by atoms with E-state index in [9.17, 15) is 9.59 Å². The minimum Gasteiger partial charge on any atom is -0.361 e. The van der Waals surface area contributed by atoms with Crippen molar-refractivity contribution in [3.05, 3.63) is 71.4 Å². The summed E-state index contributed by atoms with van der Waals surface area (Å²) < 4.78 is 0. The summed E-state index contributed by atoms with van der Waals surface area (Å²) in [4.78, 5) is 30.8. The maximum Gasteiger partial charge on any atom is 0.255 e. The van der Waals surface area contributed by atoms with Crippen LogP contribution in [0.4, 0.5) is 0 Å². The number of para-hydroxylation sites is 1. The molecule has 0 aliphatic carbocycles. The first-order valence-electron chi connectivity index (χ1n) is 9.29. The van der Waals surface area contributed by atoms with E-state index in [2.05, 4.69) is 24.1 Å². The molecule has 1 aliphatic rings. The molecular formula is C22H23N3O2. The van der Waals surface area contributed by atoms with Gasteiger partial charge in [0.25, 0.3) is 5.91 Å². The average molecular weight is 361 g/mol. The molecule has 0 saturated carbocycles. The summed E-state index contributed by atoms with van der Waals surface area (Å²) >= 11 is 0. The van der Waals surface area contributed by atoms with Crippen LogP contribution in [0.3, 0.4) is 0 Å². The van der Waals surface area contributed by atoms with Gasteiger partial charge in [-0.2, -0.15) is 0 Å². The monoisotopic (exact) mass is 361 g/mol. The minimum absolute atomic E-state index is 0.0634. The molecule has 0 spiro atoms. The Morgan fingerprint density at radius 3 is 2.70 bits per heavy atom. The molecule has 1 aliphatic heterocycles. The Balaban J connectivity index is 1.58. The fourth-order valence-corrected chi connectivity index (χ4v) is 3.79. The Morgan fingerprint density at radius 2 is 1.89 bits per heavy atom. The molecular weight excluding hydrogens is 338 g/mol. The van der Waals surface area contributed by atoms with Gasteiger partial charge in [-0.1, -0.05) is 50.2 Å². The third-order valence-corrected chi connectivity index (χ3v) is 5.00. The van der Waals surface area contributed by atoms with Gasteiger partial charge in [0.1, 0.15) is 6.04 Å². The predicted octanol–water partition coefficient (Wildman–Crippen LogP) is 3.64. The van der Waals surface area contributed by atoms with Crippen LogP contribution < -0.4 is 5.32 Å². The zero-order valence-corrected chi connectivity index (χ0v) is 15.5. The summed E-state index contributed by atoms with van der Waals surface area (Å²) in [5.74, 6) is 0.0814. The number of carbonyl (C=O) groups is 2. The van der Waals surface area contributed by atoms with Crippen LogP contribution in [0.15, 0.2) is 54.7 Å². The molecule has 2 amide bonds. The number of fused-ring (bicyclic) bond motifs is 2. The summed E-state index contributed by atoms with van der Waals surface area (Å²) in [6.07, 6.45) is 1.92. The molecule has 2 heterocycles. The van der Waals surface area contributed by atoms with E-state index in [4.69, 9.17) is 0 Å². The van der Waals surface area contributed by atoms with E-state index < -0.39 is 6.04 Å². The van der Waals surface area contributed by atoms with Crippen molar-refractivity contribution in [1.29, 1.82) is 0 Å². The Kier molecular flexibility index (Phi) is 4.44. The first-order valence-corrected chi connectivity index (χ1v) is 9.29. The lowest BCUT2D eigenvalue weighted by Crippen LogP contribution is -2.40. The van der Waals surface area contributed by atoms with Gasteiger partial charge in [0.05, 0.1) is 0 Å². The second kappa shape index (κ2) is 6.91. The van der Waals surface area contributed by atoms with Crippen molar-refractivity contribution < 1.29 is 9.59 Å². The highest BCUT2D eigenvalue weighted by molar-refractivity contribution is 6.04. The van der Waals surface area contributed by atoms with Crippen molar-refractivity contribution in [3.8, 4) is 0 Å². The number of hydrogen-bond acceptors (Lipinski definition) is 2. The summed E-state index contributed by atoms with van der Waals surface area (Å²) in [5.41, 5.74) is 3.50. The molecule has 2 aromatic carbocycles. The van der Waals surface area contributed by atoms with E-state index in [-0.39, 0.29) is 17.7 Å². The van der Waals surface area contributed by atoms with E-state index in [1.807, 2.05) is 48.7 Å². The van der Waals surface area contributed by atoms with E-state index in [1.54, 1.807) is 11.0 Å². The van der Waals surface area contributed by atoms with Gasteiger partial charge in [0, 0.05) is 35.8 Å². The number of H-pyrrole nitrogens is 1. The van der Waals surface area contributed by atoms with Crippen LogP contribution in [-0.4, -0.2) is 28.2 Å². The SMILES string of the molecule is CC(C)CN1C(=O)c2ccccc2C1C(=O)NCc1c[nH]c2ccccc12. The number of benzene rings is 2. The van der Waals surface area contributed by atoms with E-state index in [0.29, 0.717) is 18.7 Å². The summed E-state index contributed by atoms with van der Waals surface area (Å²) in [5, 5.41) is 4.13. The first-order chi connectivity index (χ1) is 13.1. The smallest absolute Gasteiger partial charge is 0.255 e. The highest BCUT2D eigenvalue weighted by Crippen LogP contribution is 2.34. The fourth-order valence-electron chi connectivity index (χ4n) is 3.79. The van der Waals surface area contributed by atoms with Crippen LogP contribution in [0, 0.1) is 5.92 Å². The predicted molar refractivity (Wildman–Crippen MR) is 105 cm³/mol. The Labute approximate surface area is 158 Å². The maximum atomic E-state index is 13.1. The fraction of sp³-hybridized carbons (Fsp3) is 0.273. The van der Waals surface area contributed by atoms with Crippen LogP contribution in [0.25, 0.3) is 10.9 Å². The van der Waals surface area contributed by atoms with E-state index in [1.165, 1.54) is 0 Å². The second-order valence-corrected chi connectivity index (χ2v) is 7.42. The third kappa shape index (κ3) is 3.10. The van der Waals surface area contributed by atoms with Gasteiger partial charge < -0.3 is 15.2 Å². The molecule has 2 N–H and O–H groups in total. The molecule has 3 aromatic rings. The average Bonchev–Trinajstić information content (AvgIpc) is 3.19. The molecule has 5 nitrogen and oxygen atoms in total. The number of hydrogen-bond donors (Lipinski definition) is 2. The molecule has 4 rings (SSSR count). The van der Waals surface area contributed by atoms with Gasteiger partial charge >= 0.3 is 0 Å². The molecule has 0 saturated heterocycles. The normalized spacial score (nSPS) is 16.2. The van der Waals surface area contributed by atoms with Crippen LogP contribution in [0.2, 0.25) is 0 Å². The van der Waals surface area contributed by atoms with Gasteiger partial charge in [-0.3, -0.25) is 9.59 Å². The van der Waals surface area contributed by atoms with Crippen LogP contribution in [0.5, 0.6) is 0 Å². The van der Waals surface area contributed by atoms with Crippen molar-refractivity contribution in [2.24, 2.45) is 5.92 Å². The highest BCUT2D eigenvalue weighted by atomic mass is 16.2. The lowest BCUT2D eigenvalue weighted by atomic mass is 10.0. The molecule has 1 atom stereocenters. The van der Waals surface area contributed by atoms with Crippen molar-refractivity contribution in [1.82, 2.24) is 15.2 Å². The Hall–Kier alpha value is -3.08. The number of nitrogens with one attached hydrogen (secondary N) is 2. The van der Waals surface area contributed by atoms with Gasteiger partial charge in [-0.15, -0.1) is 0 Å². The van der Waals surface area contributed by atoms with Gasteiger partial charge in [0.2, 0.25) is 5.91 Å². The second-order valence-electron chi connectivity index (χ2n) is 7.42. The first kappa shape index (κ1) is 17.3. The van der Waals surface area contributed by atoms with Crippen molar-refractivity contribution in [3.63, 3.8) is 0 Å². The van der Waals surface area contributed by atoms with E-state index >= 15 is 0 Å². The molecule has 0 bridgehead atoms. The molecule has 0 fully saturated rings. The van der Waals surface area contributed by atoms with E-state index in [0.717, 1.165) is 22.0 Å². The molecule has 0 radical (unpaired) electrons. The topological polar surface area (TPSA) is 65.2 Å². The summed E-state index contributed by atoms with van der Waals surface area (Å²) in [6, 6.07) is 14.8. The van der Waals surface area contributed by atoms with Crippen LogP contribution >= 0.6 is 0 Å². The quantitative estimate of drug-likeness (QED) is 0.729. The van der Waals surface area contributed by atoms with Crippen molar-refractivity contribution >= 4 is 22.7 Å². The Morgan fingerprint density at radius 1 is 1.15 bits per heavy atom. The number of carbonyl (C=O) groups excluding carboxylic acids is 2. The number of aromatic nitrogens is 1. The minimum atomic E-state index is -0.568. The number of nitrogens with zero attached hydrogens (tertiary/aromatic N) is 1. The zero-order valence-electron chi connectivity index (χ0n) is 15.5. The third-order valence-electron chi connectivity index (χ3n) is 5.00. The largest absolute Gasteiger partial charge is 0.361 e. The van der Waals surface area contributed by atoms with Crippen molar-refractivity contribution in [2.45, 2.75) is 26.4 Å². The highest BCUT2D eigenvalue weighted by Gasteiger charge is 2.40. The van der Waals surface area contributed by atoms with Gasteiger partial charge in [-0.25, -0.2) is 0 Å². The zero-order chi connectivity index (χ0) is 19.0. The lowest BCUT2D eigenvalue weighted by molar-refractivity contribution is -0.125. The van der Waals surface area contributed by atoms with Crippen LogP contribution in [0.1, 0.15) is 41.4 Å². The number of amides is 2. The van der Waals surface area contributed by atoms with Gasteiger partial charge in [0.15, 0.2) is 0 Å². The molecule has 1 unspecified atom stereocenters. The Bertz CT molecular complexity index is 1010.